The van der Waals surface area contributed by atoms with Gasteiger partial charge in [-0.15, -0.1) is 10.2 Å². The summed E-state index contributed by atoms with van der Waals surface area (Å²) >= 11 is 1.35. The first kappa shape index (κ1) is 19.1. The number of aromatic nitrogens is 3. The monoisotopic (exact) mass is 384 g/mol. The molecule has 1 heterocycles. The van der Waals surface area contributed by atoms with Gasteiger partial charge in [0.2, 0.25) is 5.91 Å². The summed E-state index contributed by atoms with van der Waals surface area (Å²) in [5, 5.41) is 11.7. The molecule has 1 aromatic heterocycles. The van der Waals surface area contributed by atoms with E-state index in [9.17, 15) is 9.18 Å². The third-order valence-electron chi connectivity index (χ3n) is 4.11. The van der Waals surface area contributed by atoms with Crippen molar-refractivity contribution < 1.29 is 9.18 Å². The van der Waals surface area contributed by atoms with E-state index in [-0.39, 0.29) is 17.5 Å². The largest absolute Gasteiger partial charge is 0.355 e. The summed E-state index contributed by atoms with van der Waals surface area (Å²) in [7, 11) is 0. The van der Waals surface area contributed by atoms with E-state index in [2.05, 4.69) is 28.5 Å². The van der Waals surface area contributed by atoms with Crippen molar-refractivity contribution in [1.29, 1.82) is 0 Å². The van der Waals surface area contributed by atoms with Crippen molar-refractivity contribution in [3.63, 3.8) is 0 Å². The lowest BCUT2D eigenvalue weighted by Gasteiger charge is -2.10. The van der Waals surface area contributed by atoms with Gasteiger partial charge in [-0.1, -0.05) is 41.6 Å². The Hall–Kier alpha value is -2.67. The first-order chi connectivity index (χ1) is 13.0. The number of thioether (sulfide) groups is 1. The molecule has 0 radical (unpaired) electrons. The van der Waals surface area contributed by atoms with Crippen LogP contribution in [0.15, 0.2) is 53.9 Å². The van der Waals surface area contributed by atoms with Gasteiger partial charge < -0.3 is 5.32 Å². The van der Waals surface area contributed by atoms with Crippen LogP contribution in [0.5, 0.6) is 0 Å². The molecule has 5 nitrogen and oxygen atoms in total. The fourth-order valence-electron chi connectivity index (χ4n) is 2.74. The molecule has 0 fully saturated rings. The summed E-state index contributed by atoms with van der Waals surface area (Å²) in [4.78, 5) is 12.1. The summed E-state index contributed by atoms with van der Waals surface area (Å²) in [6.45, 7) is 4.60. The lowest BCUT2D eigenvalue weighted by molar-refractivity contribution is -0.118. The van der Waals surface area contributed by atoms with Crippen LogP contribution in [0, 0.1) is 19.7 Å². The number of aryl methyl sites for hydroxylation is 2. The van der Waals surface area contributed by atoms with Crippen LogP contribution in [0.25, 0.3) is 5.69 Å². The Morgan fingerprint density at radius 3 is 2.70 bits per heavy atom. The van der Waals surface area contributed by atoms with Crippen molar-refractivity contribution in [1.82, 2.24) is 20.1 Å². The maximum absolute atomic E-state index is 12.9. The number of amides is 1. The van der Waals surface area contributed by atoms with Gasteiger partial charge in [-0.25, -0.2) is 4.39 Å². The second-order valence-electron chi connectivity index (χ2n) is 6.29. The van der Waals surface area contributed by atoms with Crippen molar-refractivity contribution in [3.8, 4) is 5.69 Å². The second-order valence-corrected chi connectivity index (χ2v) is 7.23. The molecule has 3 rings (SSSR count). The molecule has 0 aliphatic carbocycles. The normalized spacial score (nSPS) is 10.8. The molecule has 0 atom stereocenters. The molecule has 0 aliphatic heterocycles. The molecule has 0 saturated heterocycles. The third kappa shape index (κ3) is 5.17. The summed E-state index contributed by atoms with van der Waals surface area (Å²) in [5.41, 5.74) is 4.31. The van der Waals surface area contributed by atoms with Crippen molar-refractivity contribution in [2.24, 2.45) is 0 Å². The summed E-state index contributed by atoms with van der Waals surface area (Å²) in [6.07, 6.45) is 2.32. The Labute approximate surface area is 162 Å². The van der Waals surface area contributed by atoms with Gasteiger partial charge in [0, 0.05) is 6.54 Å². The minimum atomic E-state index is -0.257. The highest BCUT2D eigenvalue weighted by molar-refractivity contribution is 7.99. The molecule has 0 unspecified atom stereocenters. The number of halogens is 1. The average Bonchev–Trinajstić information content (AvgIpc) is 3.10. The van der Waals surface area contributed by atoms with Crippen LogP contribution in [0.3, 0.4) is 0 Å². The Kier molecular flexibility index (Phi) is 6.24. The first-order valence-corrected chi connectivity index (χ1v) is 9.63. The molecule has 2 aromatic carbocycles. The van der Waals surface area contributed by atoms with Gasteiger partial charge in [-0.05, 0) is 49.6 Å². The quantitative estimate of drug-likeness (QED) is 0.634. The zero-order valence-corrected chi connectivity index (χ0v) is 16.1. The molecular formula is C20H21FN4OS. The minimum Gasteiger partial charge on any atom is -0.355 e. The third-order valence-corrected chi connectivity index (χ3v) is 5.05. The number of nitrogens with one attached hydrogen (secondary N) is 1. The summed E-state index contributed by atoms with van der Waals surface area (Å²) < 4.78 is 14.8. The molecule has 3 aromatic rings. The topological polar surface area (TPSA) is 59.8 Å². The van der Waals surface area contributed by atoms with E-state index in [1.807, 2.05) is 23.6 Å². The van der Waals surface area contributed by atoms with Crippen LogP contribution in [0.4, 0.5) is 4.39 Å². The molecule has 7 heteroatoms. The Balaban J connectivity index is 1.52. The van der Waals surface area contributed by atoms with Crippen LogP contribution < -0.4 is 5.32 Å². The summed E-state index contributed by atoms with van der Waals surface area (Å²) in [5.74, 6) is -0.0723. The maximum Gasteiger partial charge on any atom is 0.230 e. The molecule has 27 heavy (non-hydrogen) atoms. The van der Waals surface area contributed by atoms with Gasteiger partial charge in [0.25, 0.3) is 0 Å². The highest BCUT2D eigenvalue weighted by Crippen LogP contribution is 2.22. The highest BCUT2D eigenvalue weighted by atomic mass is 32.2. The number of hydrogen-bond acceptors (Lipinski definition) is 4. The van der Waals surface area contributed by atoms with Gasteiger partial charge in [0.05, 0.1) is 11.4 Å². The molecule has 0 bridgehead atoms. The lowest BCUT2D eigenvalue weighted by Crippen LogP contribution is -2.27. The Morgan fingerprint density at radius 1 is 1.19 bits per heavy atom. The van der Waals surface area contributed by atoms with Crippen LogP contribution >= 0.6 is 11.8 Å². The zero-order valence-electron chi connectivity index (χ0n) is 15.3. The maximum atomic E-state index is 12.9. The standard InChI is InChI=1S/C20H21FN4OS/c1-14-3-8-18(15(2)11-14)25-13-23-24-20(25)27-12-19(26)22-10-9-16-4-6-17(21)7-5-16/h3-8,11,13H,9-10,12H2,1-2H3,(H,22,26). The van der Waals surface area contributed by atoms with Crippen LogP contribution in [0.2, 0.25) is 0 Å². The van der Waals surface area contributed by atoms with E-state index in [4.69, 9.17) is 0 Å². The van der Waals surface area contributed by atoms with Gasteiger partial charge in [0.1, 0.15) is 12.1 Å². The Bertz CT molecular complexity index is 924. The molecule has 0 spiro atoms. The predicted octanol–water partition coefficient (Wildman–Crippen LogP) is 3.47. The number of hydrogen-bond donors (Lipinski definition) is 1. The average molecular weight is 384 g/mol. The van der Waals surface area contributed by atoms with E-state index in [1.54, 1.807) is 18.5 Å². The van der Waals surface area contributed by atoms with Gasteiger partial charge in [-0.2, -0.15) is 0 Å². The van der Waals surface area contributed by atoms with Gasteiger partial charge >= 0.3 is 0 Å². The van der Waals surface area contributed by atoms with E-state index < -0.39 is 0 Å². The fraction of sp³-hybridized carbons (Fsp3) is 0.250. The molecule has 140 valence electrons. The Morgan fingerprint density at radius 2 is 1.96 bits per heavy atom. The molecular weight excluding hydrogens is 363 g/mol. The SMILES string of the molecule is Cc1ccc(-n2cnnc2SCC(=O)NCCc2ccc(F)cc2)c(C)c1. The number of rotatable bonds is 7. The first-order valence-electron chi connectivity index (χ1n) is 8.64. The summed E-state index contributed by atoms with van der Waals surface area (Å²) in [6, 6.07) is 12.5. The van der Waals surface area contributed by atoms with Crippen molar-refractivity contribution in [3.05, 3.63) is 71.3 Å². The number of nitrogens with zero attached hydrogens (tertiary/aromatic N) is 3. The second kappa shape index (κ2) is 8.81. The zero-order chi connectivity index (χ0) is 19.2. The smallest absolute Gasteiger partial charge is 0.230 e. The van der Waals surface area contributed by atoms with Crippen LogP contribution in [0.1, 0.15) is 16.7 Å². The van der Waals surface area contributed by atoms with Crippen LogP contribution in [-0.4, -0.2) is 33.0 Å². The molecule has 0 aliphatic rings. The lowest BCUT2D eigenvalue weighted by atomic mass is 10.1. The number of carbonyl (C=O) groups is 1. The highest BCUT2D eigenvalue weighted by Gasteiger charge is 2.11. The van der Waals surface area contributed by atoms with Crippen molar-refractivity contribution in [2.75, 3.05) is 12.3 Å². The fourth-order valence-corrected chi connectivity index (χ4v) is 3.49. The van der Waals surface area contributed by atoms with E-state index in [0.29, 0.717) is 18.1 Å². The van der Waals surface area contributed by atoms with E-state index in [1.165, 1.54) is 29.5 Å². The number of carbonyl (C=O) groups excluding carboxylic acids is 1. The minimum absolute atomic E-state index is 0.0720. The molecule has 1 N–H and O–H groups in total. The van der Waals surface area contributed by atoms with Gasteiger partial charge in [0.15, 0.2) is 5.16 Å². The van der Waals surface area contributed by atoms with Crippen molar-refractivity contribution in [2.45, 2.75) is 25.4 Å². The number of benzene rings is 2. The van der Waals surface area contributed by atoms with Gasteiger partial charge in [-0.3, -0.25) is 9.36 Å². The molecule has 0 saturated carbocycles. The van der Waals surface area contributed by atoms with Crippen molar-refractivity contribution >= 4 is 17.7 Å². The predicted molar refractivity (Wildman–Crippen MR) is 105 cm³/mol. The van der Waals surface area contributed by atoms with E-state index >= 15 is 0 Å². The van der Waals surface area contributed by atoms with Crippen LogP contribution in [-0.2, 0) is 11.2 Å². The molecule has 1 amide bonds. The van der Waals surface area contributed by atoms with E-state index in [0.717, 1.165) is 16.8 Å².